The van der Waals surface area contributed by atoms with E-state index in [1.165, 1.54) is 16.8 Å². The number of piperidine rings is 1. The highest BCUT2D eigenvalue weighted by molar-refractivity contribution is 5.78. The Morgan fingerprint density at radius 1 is 1.21 bits per heavy atom. The summed E-state index contributed by atoms with van der Waals surface area (Å²) in [7, 11) is 5.94. The number of likely N-dealkylation sites (tertiary alicyclic amines) is 1. The van der Waals surface area contributed by atoms with Gasteiger partial charge in [-0.25, -0.2) is 9.97 Å². The monoisotopic (exact) mass is 394 g/mol. The van der Waals surface area contributed by atoms with Gasteiger partial charge in [-0.2, -0.15) is 0 Å². The second kappa shape index (κ2) is 8.06. The van der Waals surface area contributed by atoms with Crippen molar-refractivity contribution in [2.75, 3.05) is 45.7 Å². The molecular formula is C22H30N6O. The molecule has 0 radical (unpaired) electrons. The molecule has 0 N–H and O–H groups in total. The molecule has 2 aliphatic rings. The molecule has 154 valence electrons. The normalized spacial score (nSPS) is 20.9. The van der Waals surface area contributed by atoms with E-state index in [0.29, 0.717) is 6.54 Å². The molecule has 1 amide bonds. The van der Waals surface area contributed by atoms with E-state index in [2.05, 4.69) is 19.8 Å². The molecule has 2 aromatic heterocycles. The number of hydrogen-bond donors (Lipinski definition) is 0. The number of aromatic nitrogens is 3. The van der Waals surface area contributed by atoms with Gasteiger partial charge in [0.2, 0.25) is 11.9 Å². The molecular weight excluding hydrogens is 364 g/mol. The lowest BCUT2D eigenvalue weighted by Crippen LogP contribution is -2.50. The first-order chi connectivity index (χ1) is 14.0. The number of pyridine rings is 1. The number of fused-ring (bicyclic) bond motifs is 2. The Hall–Kier alpha value is -2.54. The molecule has 29 heavy (non-hydrogen) atoms. The number of anilines is 1. The number of aryl methyl sites for hydroxylation is 1. The second-order valence-electron chi connectivity index (χ2n) is 8.67. The summed E-state index contributed by atoms with van der Waals surface area (Å²) >= 11 is 0. The Labute approximate surface area is 172 Å². The average Bonchev–Trinajstić information content (AvgIpc) is 3.06. The van der Waals surface area contributed by atoms with Gasteiger partial charge < -0.3 is 9.80 Å². The topological polar surface area (TPSA) is 65.5 Å². The van der Waals surface area contributed by atoms with Gasteiger partial charge >= 0.3 is 0 Å². The Morgan fingerprint density at radius 3 is 2.76 bits per heavy atom. The summed E-state index contributed by atoms with van der Waals surface area (Å²) in [6, 6.07) is 3.99. The van der Waals surface area contributed by atoms with E-state index in [4.69, 9.17) is 4.98 Å². The van der Waals surface area contributed by atoms with E-state index >= 15 is 0 Å². The fourth-order valence-corrected chi connectivity index (χ4v) is 4.68. The molecule has 7 heteroatoms. The largest absolute Gasteiger partial charge is 0.347 e. The van der Waals surface area contributed by atoms with Crippen molar-refractivity contribution >= 4 is 11.9 Å². The third-order valence-corrected chi connectivity index (χ3v) is 6.16. The van der Waals surface area contributed by atoms with Crippen LogP contribution in [0.4, 0.5) is 5.95 Å². The summed E-state index contributed by atoms with van der Waals surface area (Å²) in [5, 5.41) is 0. The standard InChI is InChI=1S/C22H30N6O/c1-26(2)21-24-13-18-5-9-22(20(18)25-21)8-4-12-28(16-22)19(29)15-27(3)14-17-6-10-23-11-7-17/h6-7,10-11,13H,4-5,8-9,12,14-16H2,1-3H3. The van der Waals surface area contributed by atoms with Crippen molar-refractivity contribution in [3.63, 3.8) is 0 Å². The van der Waals surface area contributed by atoms with Crippen LogP contribution in [-0.2, 0) is 23.2 Å². The van der Waals surface area contributed by atoms with Crippen molar-refractivity contribution in [1.82, 2.24) is 24.8 Å². The number of hydrogen-bond acceptors (Lipinski definition) is 6. The number of likely N-dealkylation sites (N-methyl/N-ethyl adjacent to an activating group) is 1. The zero-order valence-electron chi connectivity index (χ0n) is 17.6. The van der Waals surface area contributed by atoms with Crippen LogP contribution in [0.2, 0.25) is 0 Å². The van der Waals surface area contributed by atoms with Crippen LogP contribution in [0.1, 0.15) is 36.1 Å². The SMILES string of the molecule is CN(CC(=O)N1CCCC2(CCc3cnc(N(C)C)nc32)C1)Cc1ccncc1. The van der Waals surface area contributed by atoms with Crippen LogP contribution >= 0.6 is 0 Å². The highest BCUT2D eigenvalue weighted by Gasteiger charge is 2.44. The van der Waals surface area contributed by atoms with Gasteiger partial charge in [-0.15, -0.1) is 0 Å². The molecule has 1 aliphatic carbocycles. The molecule has 7 nitrogen and oxygen atoms in total. The smallest absolute Gasteiger partial charge is 0.236 e. The zero-order chi connectivity index (χ0) is 20.4. The summed E-state index contributed by atoms with van der Waals surface area (Å²) < 4.78 is 0. The lowest BCUT2D eigenvalue weighted by Gasteiger charge is -2.41. The lowest BCUT2D eigenvalue weighted by molar-refractivity contribution is -0.134. The van der Waals surface area contributed by atoms with Gasteiger partial charge in [0.25, 0.3) is 0 Å². The van der Waals surface area contributed by atoms with Crippen molar-refractivity contribution in [2.24, 2.45) is 0 Å². The molecule has 1 aliphatic heterocycles. The number of amides is 1. The van der Waals surface area contributed by atoms with Gasteiger partial charge in [0.05, 0.1) is 12.2 Å². The maximum atomic E-state index is 13.1. The molecule has 1 saturated heterocycles. The summed E-state index contributed by atoms with van der Waals surface area (Å²) in [6.07, 6.45) is 9.76. The van der Waals surface area contributed by atoms with E-state index in [1.807, 2.05) is 44.4 Å². The van der Waals surface area contributed by atoms with E-state index in [0.717, 1.165) is 51.3 Å². The van der Waals surface area contributed by atoms with E-state index < -0.39 is 0 Å². The zero-order valence-corrected chi connectivity index (χ0v) is 17.6. The van der Waals surface area contributed by atoms with E-state index in [1.54, 1.807) is 12.4 Å². The maximum Gasteiger partial charge on any atom is 0.236 e. The van der Waals surface area contributed by atoms with Crippen molar-refractivity contribution in [3.05, 3.63) is 47.5 Å². The molecule has 0 saturated carbocycles. The first-order valence-corrected chi connectivity index (χ1v) is 10.4. The molecule has 3 heterocycles. The van der Waals surface area contributed by atoms with Crippen LogP contribution in [0.3, 0.4) is 0 Å². The van der Waals surface area contributed by atoms with Crippen LogP contribution in [0.15, 0.2) is 30.7 Å². The molecule has 1 atom stereocenters. The number of nitrogens with zero attached hydrogens (tertiary/aromatic N) is 6. The minimum Gasteiger partial charge on any atom is -0.347 e. The van der Waals surface area contributed by atoms with Crippen molar-refractivity contribution in [1.29, 1.82) is 0 Å². The molecule has 1 fully saturated rings. The predicted molar refractivity (Wildman–Crippen MR) is 113 cm³/mol. The lowest BCUT2D eigenvalue weighted by atomic mass is 9.77. The van der Waals surface area contributed by atoms with Gasteiger partial charge in [-0.1, -0.05) is 0 Å². The number of rotatable bonds is 5. The fourth-order valence-electron chi connectivity index (χ4n) is 4.68. The molecule has 2 aromatic rings. The van der Waals surface area contributed by atoms with Crippen LogP contribution in [0.25, 0.3) is 0 Å². The Balaban J connectivity index is 1.45. The van der Waals surface area contributed by atoms with Crippen LogP contribution < -0.4 is 4.90 Å². The van der Waals surface area contributed by atoms with E-state index in [9.17, 15) is 4.79 Å². The summed E-state index contributed by atoms with van der Waals surface area (Å²) in [4.78, 5) is 32.6. The van der Waals surface area contributed by atoms with Crippen molar-refractivity contribution in [3.8, 4) is 0 Å². The summed E-state index contributed by atoms with van der Waals surface area (Å²) in [5.41, 5.74) is 3.57. The van der Waals surface area contributed by atoms with Gasteiger partial charge in [-0.3, -0.25) is 14.7 Å². The van der Waals surface area contributed by atoms with Gasteiger partial charge in [0, 0.05) is 57.7 Å². The quantitative estimate of drug-likeness (QED) is 0.772. The van der Waals surface area contributed by atoms with Crippen LogP contribution in [0, 0.1) is 0 Å². The second-order valence-corrected chi connectivity index (χ2v) is 8.67. The highest BCUT2D eigenvalue weighted by atomic mass is 16.2. The Kier molecular flexibility index (Phi) is 5.50. The summed E-state index contributed by atoms with van der Waals surface area (Å²) in [6.45, 7) is 2.78. The first kappa shape index (κ1) is 19.8. The fraction of sp³-hybridized carbons (Fsp3) is 0.545. The highest BCUT2D eigenvalue weighted by Crippen LogP contribution is 2.44. The summed E-state index contributed by atoms with van der Waals surface area (Å²) in [5.74, 6) is 0.960. The van der Waals surface area contributed by atoms with Gasteiger partial charge in [0.15, 0.2) is 0 Å². The maximum absolute atomic E-state index is 13.1. The first-order valence-electron chi connectivity index (χ1n) is 10.4. The number of carbonyl (C=O) groups is 1. The van der Waals surface area contributed by atoms with Gasteiger partial charge in [0.1, 0.15) is 0 Å². The molecule has 1 spiro atoms. The third-order valence-electron chi connectivity index (χ3n) is 6.16. The number of carbonyl (C=O) groups excluding carboxylic acids is 1. The molecule has 0 bridgehead atoms. The molecule has 1 unspecified atom stereocenters. The van der Waals surface area contributed by atoms with Crippen molar-refractivity contribution in [2.45, 2.75) is 37.6 Å². The van der Waals surface area contributed by atoms with Crippen LogP contribution in [-0.4, -0.2) is 71.4 Å². The average molecular weight is 395 g/mol. The van der Waals surface area contributed by atoms with Gasteiger partial charge in [-0.05, 0) is 56.0 Å². The van der Waals surface area contributed by atoms with Crippen LogP contribution in [0.5, 0.6) is 0 Å². The molecule has 4 rings (SSSR count). The minimum absolute atomic E-state index is 0.0133. The predicted octanol–water partition coefficient (Wildman–Crippen LogP) is 1.88. The Bertz CT molecular complexity index is 867. The third kappa shape index (κ3) is 4.10. The van der Waals surface area contributed by atoms with Crippen molar-refractivity contribution < 1.29 is 4.79 Å². The van der Waals surface area contributed by atoms with E-state index in [-0.39, 0.29) is 11.3 Å². The minimum atomic E-state index is -0.0133. The molecule has 0 aromatic carbocycles. The Morgan fingerprint density at radius 2 is 2.00 bits per heavy atom.